The number of carbonyl (C=O) groups is 2. The number of aliphatic hydroxyl groups excluding tert-OH is 1. The summed E-state index contributed by atoms with van der Waals surface area (Å²) in [6.45, 7) is 4.07. The summed E-state index contributed by atoms with van der Waals surface area (Å²) in [5.74, 6) is -1.82. The fourth-order valence-corrected chi connectivity index (χ4v) is 3.65. The molecule has 0 saturated carbocycles. The highest BCUT2D eigenvalue weighted by Gasteiger charge is 2.21. The van der Waals surface area contributed by atoms with Gasteiger partial charge in [-0.2, -0.15) is 0 Å². The van der Waals surface area contributed by atoms with Crippen LogP contribution in [0.4, 0.5) is 9.52 Å². The smallest absolute Gasteiger partial charge is 0.309 e. The van der Waals surface area contributed by atoms with Crippen molar-refractivity contribution >= 4 is 28.3 Å². The summed E-state index contributed by atoms with van der Waals surface area (Å²) in [4.78, 5) is 27.8. The molecule has 0 bridgehead atoms. The second-order valence-corrected chi connectivity index (χ2v) is 8.13. The number of thiazole rings is 1. The van der Waals surface area contributed by atoms with Gasteiger partial charge in [0.2, 0.25) is 0 Å². The number of rotatable bonds is 8. The number of hydrogen-bond donors (Lipinski definition) is 3. The standard InChI is InChI=1S/C21H22FN3O4S/c1-12(2)19(28)14-7-17(25(10-14)9-13-3-5-15(22)6-4-13)20(29)24-21-23-16(11-30-21)8-18(26)27/h3-7,10-12,19,28H,8-9H2,1-2H3,(H,26,27)(H,23,24,29). The van der Waals surface area contributed by atoms with Gasteiger partial charge in [-0.05, 0) is 35.2 Å². The summed E-state index contributed by atoms with van der Waals surface area (Å²) >= 11 is 1.14. The fourth-order valence-electron chi connectivity index (χ4n) is 2.95. The van der Waals surface area contributed by atoms with Gasteiger partial charge in [-0.15, -0.1) is 11.3 Å². The van der Waals surface area contributed by atoms with Crippen LogP contribution >= 0.6 is 11.3 Å². The maximum atomic E-state index is 13.2. The number of nitrogens with one attached hydrogen (secondary N) is 1. The van der Waals surface area contributed by atoms with Crippen molar-refractivity contribution in [3.63, 3.8) is 0 Å². The Morgan fingerprint density at radius 3 is 2.60 bits per heavy atom. The van der Waals surface area contributed by atoms with Crippen LogP contribution in [0.15, 0.2) is 41.9 Å². The van der Waals surface area contributed by atoms with E-state index in [1.54, 1.807) is 34.3 Å². The van der Waals surface area contributed by atoms with Gasteiger partial charge in [0.1, 0.15) is 11.5 Å². The molecule has 1 atom stereocenters. The second-order valence-electron chi connectivity index (χ2n) is 7.27. The molecule has 0 aliphatic heterocycles. The van der Waals surface area contributed by atoms with E-state index in [1.165, 1.54) is 12.1 Å². The molecule has 2 heterocycles. The Labute approximate surface area is 176 Å². The van der Waals surface area contributed by atoms with Gasteiger partial charge in [-0.3, -0.25) is 14.9 Å². The number of anilines is 1. The molecule has 2 aromatic heterocycles. The lowest BCUT2D eigenvalue weighted by atomic mass is 10.0. The van der Waals surface area contributed by atoms with E-state index in [1.807, 2.05) is 13.8 Å². The Bertz CT molecular complexity index is 1040. The molecule has 3 aromatic rings. The van der Waals surface area contributed by atoms with Crippen molar-refractivity contribution in [2.24, 2.45) is 5.92 Å². The van der Waals surface area contributed by atoms with Crippen LogP contribution in [0.2, 0.25) is 0 Å². The van der Waals surface area contributed by atoms with Crippen molar-refractivity contribution in [3.05, 3.63) is 70.2 Å². The molecule has 1 amide bonds. The molecule has 0 aliphatic rings. The van der Waals surface area contributed by atoms with Crippen molar-refractivity contribution in [1.82, 2.24) is 9.55 Å². The summed E-state index contributed by atoms with van der Waals surface area (Å²) in [5.41, 5.74) is 2.07. The summed E-state index contributed by atoms with van der Waals surface area (Å²) in [5, 5.41) is 23.8. The molecule has 3 rings (SSSR count). The summed E-state index contributed by atoms with van der Waals surface area (Å²) in [6, 6.07) is 7.59. The van der Waals surface area contributed by atoms with E-state index in [-0.39, 0.29) is 23.3 Å². The van der Waals surface area contributed by atoms with Crippen LogP contribution in [0.5, 0.6) is 0 Å². The molecule has 3 N–H and O–H groups in total. The highest BCUT2D eigenvalue weighted by Crippen LogP contribution is 2.25. The van der Waals surface area contributed by atoms with Crippen LogP contribution in [-0.2, 0) is 17.8 Å². The normalized spacial score (nSPS) is 12.2. The van der Waals surface area contributed by atoms with Gasteiger partial charge < -0.3 is 14.8 Å². The lowest BCUT2D eigenvalue weighted by Crippen LogP contribution is -2.17. The topological polar surface area (TPSA) is 104 Å². The van der Waals surface area contributed by atoms with E-state index in [4.69, 9.17) is 5.11 Å². The number of amides is 1. The number of aliphatic hydroxyl groups is 1. The molecule has 30 heavy (non-hydrogen) atoms. The van der Waals surface area contributed by atoms with E-state index < -0.39 is 18.0 Å². The Morgan fingerprint density at radius 1 is 1.27 bits per heavy atom. The van der Waals surface area contributed by atoms with Crippen LogP contribution < -0.4 is 5.32 Å². The zero-order valence-electron chi connectivity index (χ0n) is 16.5. The predicted octanol–water partition coefficient (Wildman–Crippen LogP) is 3.70. The lowest BCUT2D eigenvalue weighted by Gasteiger charge is -2.12. The van der Waals surface area contributed by atoms with Crippen LogP contribution in [-0.4, -0.2) is 31.6 Å². The Kier molecular flexibility index (Phi) is 6.63. The molecule has 0 saturated heterocycles. The first-order valence-corrected chi connectivity index (χ1v) is 10.2. The van der Waals surface area contributed by atoms with E-state index >= 15 is 0 Å². The third-order valence-corrected chi connectivity index (χ3v) is 5.30. The van der Waals surface area contributed by atoms with Gasteiger partial charge in [0.05, 0.1) is 18.2 Å². The van der Waals surface area contributed by atoms with Crippen molar-refractivity contribution in [2.75, 3.05) is 5.32 Å². The maximum absolute atomic E-state index is 13.2. The van der Waals surface area contributed by atoms with Crippen LogP contribution in [0.3, 0.4) is 0 Å². The zero-order chi connectivity index (χ0) is 21.8. The molecule has 1 unspecified atom stereocenters. The molecule has 0 fully saturated rings. The number of carboxylic acids is 1. The van der Waals surface area contributed by atoms with Gasteiger partial charge in [-0.25, -0.2) is 9.37 Å². The number of halogens is 1. The third kappa shape index (κ3) is 5.31. The quantitative estimate of drug-likeness (QED) is 0.504. The maximum Gasteiger partial charge on any atom is 0.309 e. The Balaban J connectivity index is 1.86. The van der Waals surface area contributed by atoms with E-state index in [0.29, 0.717) is 23.5 Å². The minimum absolute atomic E-state index is 0.0416. The largest absolute Gasteiger partial charge is 0.481 e. The van der Waals surface area contributed by atoms with Crippen LogP contribution in [0, 0.1) is 11.7 Å². The summed E-state index contributed by atoms with van der Waals surface area (Å²) < 4.78 is 14.9. The Morgan fingerprint density at radius 2 is 1.97 bits per heavy atom. The monoisotopic (exact) mass is 431 g/mol. The van der Waals surface area contributed by atoms with Crippen molar-refractivity contribution in [3.8, 4) is 0 Å². The highest BCUT2D eigenvalue weighted by atomic mass is 32.1. The molecule has 0 radical (unpaired) electrons. The number of aliphatic carboxylic acids is 1. The fraction of sp³-hybridized carbons (Fsp3) is 0.286. The van der Waals surface area contributed by atoms with Crippen molar-refractivity contribution in [1.29, 1.82) is 0 Å². The minimum atomic E-state index is -1.00. The molecule has 0 spiro atoms. The number of carboxylic acid groups (broad SMARTS) is 1. The first kappa shape index (κ1) is 21.7. The van der Waals surface area contributed by atoms with Gasteiger partial charge >= 0.3 is 5.97 Å². The SMILES string of the molecule is CC(C)C(O)c1cc(C(=O)Nc2nc(CC(=O)O)cs2)n(Cc2ccc(F)cc2)c1. The average molecular weight is 431 g/mol. The van der Waals surface area contributed by atoms with E-state index in [0.717, 1.165) is 16.9 Å². The van der Waals surface area contributed by atoms with E-state index in [9.17, 15) is 19.1 Å². The number of aromatic nitrogens is 2. The Hall–Kier alpha value is -3.04. The zero-order valence-corrected chi connectivity index (χ0v) is 17.3. The molecular formula is C21H22FN3O4S. The molecule has 0 aliphatic carbocycles. The second kappa shape index (κ2) is 9.19. The molecular weight excluding hydrogens is 409 g/mol. The molecule has 158 valence electrons. The lowest BCUT2D eigenvalue weighted by molar-refractivity contribution is -0.136. The highest BCUT2D eigenvalue weighted by molar-refractivity contribution is 7.14. The van der Waals surface area contributed by atoms with Gasteiger partial charge in [0.15, 0.2) is 5.13 Å². The predicted molar refractivity (Wildman–Crippen MR) is 111 cm³/mol. The molecule has 1 aromatic carbocycles. The third-order valence-electron chi connectivity index (χ3n) is 4.49. The van der Waals surface area contributed by atoms with Gasteiger partial charge in [0, 0.05) is 18.1 Å². The number of benzene rings is 1. The minimum Gasteiger partial charge on any atom is -0.481 e. The van der Waals surface area contributed by atoms with Gasteiger partial charge in [-0.1, -0.05) is 26.0 Å². The summed E-state index contributed by atoms with van der Waals surface area (Å²) in [7, 11) is 0. The number of nitrogens with zero attached hydrogens (tertiary/aromatic N) is 2. The average Bonchev–Trinajstić information content (AvgIpc) is 3.29. The van der Waals surface area contributed by atoms with Crippen LogP contribution in [0.1, 0.15) is 47.3 Å². The van der Waals surface area contributed by atoms with Crippen molar-refractivity contribution in [2.45, 2.75) is 32.9 Å². The van der Waals surface area contributed by atoms with E-state index in [2.05, 4.69) is 10.3 Å². The first-order valence-electron chi connectivity index (χ1n) is 9.33. The number of carbonyl (C=O) groups excluding carboxylic acids is 1. The van der Waals surface area contributed by atoms with Crippen LogP contribution in [0.25, 0.3) is 0 Å². The summed E-state index contributed by atoms with van der Waals surface area (Å²) in [6.07, 6.45) is 0.742. The van der Waals surface area contributed by atoms with Gasteiger partial charge in [0.25, 0.3) is 5.91 Å². The molecule has 9 heteroatoms. The first-order chi connectivity index (χ1) is 14.2. The van der Waals surface area contributed by atoms with Crippen molar-refractivity contribution < 1.29 is 24.2 Å². The number of hydrogen-bond acceptors (Lipinski definition) is 5. The molecule has 7 nitrogen and oxygen atoms in total.